The van der Waals surface area contributed by atoms with Crippen molar-refractivity contribution in [3.05, 3.63) is 77.0 Å². The van der Waals surface area contributed by atoms with Gasteiger partial charge >= 0.3 is 5.97 Å². The van der Waals surface area contributed by atoms with E-state index in [1.165, 1.54) is 19.2 Å². The average Bonchev–Trinajstić information content (AvgIpc) is 3.33. The van der Waals surface area contributed by atoms with Crippen LogP contribution in [0.25, 0.3) is 11.3 Å². The second kappa shape index (κ2) is 10.8. The Hall–Kier alpha value is -3.23. The number of halogens is 2. The molecule has 34 heavy (non-hydrogen) atoms. The van der Waals surface area contributed by atoms with E-state index in [0.29, 0.717) is 54.8 Å². The molecular formula is C25H25ClFN3O4. The Labute approximate surface area is 202 Å². The van der Waals surface area contributed by atoms with Crippen LogP contribution in [0.3, 0.4) is 0 Å². The summed E-state index contributed by atoms with van der Waals surface area (Å²) < 4.78 is 23.8. The molecule has 1 saturated heterocycles. The molecule has 7 nitrogen and oxygen atoms in total. The van der Waals surface area contributed by atoms with Crippen LogP contribution in [0.2, 0.25) is 5.02 Å². The zero-order chi connectivity index (χ0) is 24.1. The molecular weight excluding hydrogens is 461 g/mol. The van der Waals surface area contributed by atoms with E-state index in [1.807, 2.05) is 23.1 Å². The number of aryl methyl sites for hydroxylation is 1. The number of carbonyl (C=O) groups excluding carboxylic acids is 2. The number of hydrogen-bond acceptors (Lipinski definition) is 6. The van der Waals surface area contributed by atoms with Crippen LogP contribution >= 0.6 is 11.6 Å². The van der Waals surface area contributed by atoms with E-state index >= 15 is 0 Å². The number of esters is 1. The van der Waals surface area contributed by atoms with E-state index < -0.39 is 6.04 Å². The molecule has 9 heteroatoms. The summed E-state index contributed by atoms with van der Waals surface area (Å²) >= 11 is 6.34. The Morgan fingerprint density at radius 1 is 1.12 bits per heavy atom. The molecule has 1 fully saturated rings. The third-order valence-corrected chi connectivity index (χ3v) is 6.24. The van der Waals surface area contributed by atoms with Gasteiger partial charge in [-0.1, -0.05) is 29.8 Å². The van der Waals surface area contributed by atoms with Gasteiger partial charge in [-0.3, -0.25) is 9.69 Å². The number of aromatic nitrogens is 1. The molecule has 1 atom stereocenters. The third kappa shape index (κ3) is 5.46. The smallest absolute Gasteiger partial charge is 0.327 e. The van der Waals surface area contributed by atoms with Gasteiger partial charge in [0.2, 0.25) is 5.91 Å². The zero-order valence-corrected chi connectivity index (χ0v) is 19.5. The summed E-state index contributed by atoms with van der Waals surface area (Å²) in [5.41, 5.74) is 1.41. The van der Waals surface area contributed by atoms with Crippen molar-refractivity contribution in [1.29, 1.82) is 0 Å². The monoisotopic (exact) mass is 485 g/mol. The summed E-state index contributed by atoms with van der Waals surface area (Å²) in [7, 11) is 1.36. The number of oxazole rings is 1. The first-order valence-corrected chi connectivity index (χ1v) is 11.4. The minimum absolute atomic E-state index is 0.00598. The molecule has 178 valence electrons. The molecule has 4 rings (SSSR count). The predicted octanol–water partition coefficient (Wildman–Crippen LogP) is 4.13. The highest BCUT2D eigenvalue weighted by Gasteiger charge is 2.33. The summed E-state index contributed by atoms with van der Waals surface area (Å²) in [6.07, 6.45) is 2.20. The van der Waals surface area contributed by atoms with Crippen LogP contribution in [-0.2, 0) is 20.7 Å². The van der Waals surface area contributed by atoms with Crippen molar-refractivity contribution >= 4 is 23.5 Å². The van der Waals surface area contributed by atoms with Crippen LogP contribution in [-0.4, -0.2) is 59.9 Å². The number of benzene rings is 2. The van der Waals surface area contributed by atoms with E-state index in [1.54, 1.807) is 29.3 Å². The summed E-state index contributed by atoms with van der Waals surface area (Å²) in [5, 5.41) is 0.502. The highest BCUT2D eigenvalue weighted by atomic mass is 35.5. The first-order chi connectivity index (χ1) is 16.5. The Morgan fingerprint density at radius 3 is 2.50 bits per heavy atom. The third-order valence-electron chi connectivity index (χ3n) is 5.89. The number of ether oxygens (including phenoxy) is 1. The molecule has 1 aliphatic rings. The predicted molar refractivity (Wildman–Crippen MR) is 125 cm³/mol. The molecule has 0 radical (unpaired) electrons. The molecule has 0 N–H and O–H groups in total. The summed E-state index contributed by atoms with van der Waals surface area (Å²) in [6.45, 7) is 2.02. The van der Waals surface area contributed by atoms with Gasteiger partial charge in [0.15, 0.2) is 11.7 Å². The van der Waals surface area contributed by atoms with Crippen molar-refractivity contribution in [2.75, 3.05) is 33.3 Å². The number of piperazine rings is 1. The fraction of sp³-hybridized carbons (Fsp3) is 0.320. The van der Waals surface area contributed by atoms with Crippen LogP contribution in [0, 0.1) is 5.82 Å². The maximum Gasteiger partial charge on any atom is 0.327 e. The largest absolute Gasteiger partial charge is 0.468 e. The number of carbonyl (C=O) groups is 2. The van der Waals surface area contributed by atoms with Crippen molar-refractivity contribution < 1.29 is 23.1 Å². The maximum absolute atomic E-state index is 13.1. The van der Waals surface area contributed by atoms with Gasteiger partial charge in [0.05, 0.1) is 13.3 Å². The number of amides is 1. The summed E-state index contributed by atoms with van der Waals surface area (Å²) in [4.78, 5) is 33.3. The molecule has 3 aromatic rings. The van der Waals surface area contributed by atoms with Gasteiger partial charge in [-0.25, -0.2) is 14.2 Å². The average molecular weight is 486 g/mol. The van der Waals surface area contributed by atoms with Gasteiger partial charge in [-0.15, -0.1) is 0 Å². The second-order valence-electron chi connectivity index (χ2n) is 7.99. The maximum atomic E-state index is 13.1. The SMILES string of the molecule is COC(=O)C(c1ccccc1Cl)N1CCN(C(=O)CCc2ncc(-c3ccc(F)cc3)o2)CC1. The van der Waals surface area contributed by atoms with Gasteiger partial charge in [0.1, 0.15) is 11.9 Å². The van der Waals surface area contributed by atoms with Gasteiger partial charge in [-0.2, -0.15) is 0 Å². The molecule has 1 amide bonds. The highest BCUT2D eigenvalue weighted by Crippen LogP contribution is 2.29. The summed E-state index contributed by atoms with van der Waals surface area (Å²) in [5.74, 6) is 0.279. The number of rotatable bonds is 7. The molecule has 0 aliphatic carbocycles. The lowest BCUT2D eigenvalue weighted by atomic mass is 10.0. The normalized spacial score (nSPS) is 15.2. The van der Waals surface area contributed by atoms with Crippen LogP contribution in [0.5, 0.6) is 0 Å². The minimum atomic E-state index is -0.617. The first-order valence-electron chi connectivity index (χ1n) is 11.0. The minimum Gasteiger partial charge on any atom is -0.468 e. The molecule has 0 saturated carbocycles. The van der Waals surface area contributed by atoms with Crippen LogP contribution in [0.4, 0.5) is 4.39 Å². The van der Waals surface area contributed by atoms with E-state index in [2.05, 4.69) is 4.98 Å². The molecule has 2 aromatic carbocycles. The van der Waals surface area contributed by atoms with E-state index in [9.17, 15) is 14.0 Å². The zero-order valence-electron chi connectivity index (χ0n) is 18.7. The van der Waals surface area contributed by atoms with E-state index in [0.717, 1.165) is 5.56 Å². The Kier molecular flexibility index (Phi) is 7.59. The van der Waals surface area contributed by atoms with Crippen molar-refractivity contribution in [1.82, 2.24) is 14.8 Å². The Morgan fingerprint density at radius 2 is 1.82 bits per heavy atom. The molecule has 0 bridgehead atoms. The highest BCUT2D eigenvalue weighted by molar-refractivity contribution is 6.31. The molecule has 1 aliphatic heterocycles. The van der Waals surface area contributed by atoms with Crippen LogP contribution in [0.15, 0.2) is 59.1 Å². The van der Waals surface area contributed by atoms with Crippen LogP contribution in [0.1, 0.15) is 23.9 Å². The van der Waals surface area contributed by atoms with Crippen molar-refractivity contribution in [3.8, 4) is 11.3 Å². The van der Waals surface area contributed by atoms with Gasteiger partial charge < -0.3 is 14.1 Å². The lowest BCUT2D eigenvalue weighted by molar-refractivity contribution is -0.148. The van der Waals surface area contributed by atoms with Crippen LogP contribution < -0.4 is 0 Å². The van der Waals surface area contributed by atoms with E-state index in [4.69, 9.17) is 20.8 Å². The fourth-order valence-corrected chi connectivity index (χ4v) is 4.30. The topological polar surface area (TPSA) is 75.9 Å². The molecule has 1 unspecified atom stereocenters. The molecule has 2 heterocycles. The molecule has 1 aromatic heterocycles. The van der Waals surface area contributed by atoms with Gasteiger partial charge in [0, 0.05) is 49.6 Å². The fourth-order valence-electron chi connectivity index (χ4n) is 4.06. The van der Waals surface area contributed by atoms with Crippen molar-refractivity contribution in [3.63, 3.8) is 0 Å². The second-order valence-corrected chi connectivity index (χ2v) is 8.40. The number of hydrogen-bond donors (Lipinski definition) is 0. The van der Waals surface area contributed by atoms with Gasteiger partial charge in [-0.05, 0) is 35.9 Å². The van der Waals surface area contributed by atoms with Gasteiger partial charge in [0.25, 0.3) is 0 Å². The lowest BCUT2D eigenvalue weighted by Crippen LogP contribution is -2.51. The van der Waals surface area contributed by atoms with E-state index in [-0.39, 0.29) is 24.1 Å². The number of methoxy groups -OCH3 is 1. The lowest BCUT2D eigenvalue weighted by Gasteiger charge is -2.38. The Balaban J connectivity index is 1.32. The number of nitrogens with zero attached hydrogens (tertiary/aromatic N) is 3. The van der Waals surface area contributed by atoms with Crippen molar-refractivity contribution in [2.45, 2.75) is 18.9 Å². The first kappa shape index (κ1) is 23.9. The summed E-state index contributed by atoms with van der Waals surface area (Å²) in [6, 6.07) is 12.5. The quantitative estimate of drug-likeness (QED) is 0.468. The molecule has 0 spiro atoms. The Bertz CT molecular complexity index is 1140. The standard InChI is InChI=1S/C25H25ClFN3O4/c1-33-25(32)24(19-4-2-3-5-20(19)26)30-14-12-29(13-15-30)23(31)11-10-22-28-16-21(34-22)17-6-8-18(27)9-7-17/h2-9,16,24H,10-15H2,1H3. The van der Waals surface area contributed by atoms with Crippen molar-refractivity contribution in [2.24, 2.45) is 0 Å².